The molecule has 0 unspecified atom stereocenters. The number of aromatic nitrogens is 4. The summed E-state index contributed by atoms with van der Waals surface area (Å²) in [7, 11) is 0. The van der Waals surface area contributed by atoms with Gasteiger partial charge in [0, 0.05) is 18.0 Å². The van der Waals surface area contributed by atoms with Crippen molar-refractivity contribution in [1.29, 1.82) is 0 Å². The second kappa shape index (κ2) is 9.09. The number of pyridine rings is 1. The van der Waals surface area contributed by atoms with E-state index in [1.54, 1.807) is 24.5 Å². The van der Waals surface area contributed by atoms with Gasteiger partial charge in [-0.25, -0.2) is 4.39 Å². The minimum absolute atomic E-state index is 0.0599. The van der Waals surface area contributed by atoms with Gasteiger partial charge in [0.1, 0.15) is 5.82 Å². The van der Waals surface area contributed by atoms with Gasteiger partial charge in [0.15, 0.2) is 11.0 Å². The van der Waals surface area contributed by atoms with E-state index in [1.807, 2.05) is 42.7 Å². The number of anilines is 1. The van der Waals surface area contributed by atoms with Crippen LogP contribution in [0.2, 0.25) is 0 Å². The molecule has 1 amide bonds. The van der Waals surface area contributed by atoms with Crippen molar-refractivity contribution < 1.29 is 9.18 Å². The molecule has 4 aromatic rings. The van der Waals surface area contributed by atoms with E-state index in [0.717, 1.165) is 22.4 Å². The molecular formula is C23H20FN5OS. The van der Waals surface area contributed by atoms with Crippen LogP contribution in [-0.2, 0) is 4.79 Å². The summed E-state index contributed by atoms with van der Waals surface area (Å²) in [5.41, 5.74) is 4.10. The summed E-state index contributed by atoms with van der Waals surface area (Å²) in [4.78, 5) is 16.6. The van der Waals surface area contributed by atoms with Crippen LogP contribution in [0.1, 0.15) is 11.1 Å². The minimum Gasteiger partial charge on any atom is -0.323 e. The molecule has 0 aliphatic rings. The number of nitrogens with zero attached hydrogens (tertiary/aromatic N) is 4. The molecule has 8 heteroatoms. The molecule has 0 atom stereocenters. The van der Waals surface area contributed by atoms with E-state index in [2.05, 4.69) is 26.6 Å². The van der Waals surface area contributed by atoms with E-state index < -0.39 is 5.82 Å². The number of carbonyl (C=O) groups is 1. The predicted octanol–water partition coefficient (Wildman–Crippen LogP) is 4.82. The molecule has 2 aromatic heterocycles. The van der Waals surface area contributed by atoms with Crippen molar-refractivity contribution in [2.24, 2.45) is 0 Å². The van der Waals surface area contributed by atoms with E-state index in [9.17, 15) is 9.18 Å². The van der Waals surface area contributed by atoms with Gasteiger partial charge < -0.3 is 5.32 Å². The smallest absolute Gasteiger partial charge is 0.234 e. The van der Waals surface area contributed by atoms with E-state index in [0.29, 0.717) is 11.0 Å². The monoisotopic (exact) mass is 433 g/mol. The second-order valence-electron chi connectivity index (χ2n) is 6.99. The summed E-state index contributed by atoms with van der Waals surface area (Å²) in [6.07, 6.45) is 3.42. The fourth-order valence-electron chi connectivity index (χ4n) is 3.20. The Morgan fingerprint density at radius 2 is 1.94 bits per heavy atom. The molecule has 156 valence electrons. The first-order valence-corrected chi connectivity index (χ1v) is 10.6. The zero-order valence-corrected chi connectivity index (χ0v) is 17.9. The highest BCUT2D eigenvalue weighted by Gasteiger charge is 2.19. The van der Waals surface area contributed by atoms with Crippen LogP contribution < -0.4 is 5.32 Å². The first-order chi connectivity index (χ1) is 15.0. The molecule has 0 saturated carbocycles. The van der Waals surface area contributed by atoms with Crippen molar-refractivity contribution in [3.8, 4) is 17.1 Å². The highest BCUT2D eigenvalue weighted by Crippen LogP contribution is 2.29. The Labute approximate surface area is 183 Å². The number of benzene rings is 2. The lowest BCUT2D eigenvalue weighted by Crippen LogP contribution is -2.15. The molecule has 6 nitrogen and oxygen atoms in total. The summed E-state index contributed by atoms with van der Waals surface area (Å²) in [6.45, 7) is 4.06. The maximum absolute atomic E-state index is 13.8. The van der Waals surface area contributed by atoms with Crippen molar-refractivity contribution in [3.63, 3.8) is 0 Å². The number of halogens is 1. The van der Waals surface area contributed by atoms with Crippen molar-refractivity contribution >= 4 is 23.4 Å². The SMILES string of the molecule is Cc1ccc(-n2c(SCC(=O)Nc3ccccc3F)nnc2-c2cccnc2)c(C)c1. The zero-order valence-electron chi connectivity index (χ0n) is 17.0. The average Bonchev–Trinajstić information content (AvgIpc) is 3.18. The van der Waals surface area contributed by atoms with E-state index in [-0.39, 0.29) is 17.3 Å². The highest BCUT2D eigenvalue weighted by molar-refractivity contribution is 7.99. The minimum atomic E-state index is -0.474. The maximum Gasteiger partial charge on any atom is 0.234 e. The molecule has 0 bridgehead atoms. The Bertz CT molecular complexity index is 1230. The molecule has 2 aromatic carbocycles. The second-order valence-corrected chi connectivity index (χ2v) is 7.93. The van der Waals surface area contributed by atoms with E-state index >= 15 is 0 Å². The molecule has 0 aliphatic heterocycles. The molecule has 0 fully saturated rings. The summed E-state index contributed by atoms with van der Waals surface area (Å²) in [5.74, 6) is -0.104. The van der Waals surface area contributed by atoms with Crippen LogP contribution in [0.3, 0.4) is 0 Å². The van der Waals surface area contributed by atoms with Crippen LogP contribution in [0.15, 0.2) is 72.1 Å². The first-order valence-electron chi connectivity index (χ1n) is 9.63. The van der Waals surface area contributed by atoms with Crippen LogP contribution in [0.5, 0.6) is 0 Å². The van der Waals surface area contributed by atoms with Gasteiger partial charge in [-0.1, -0.05) is 41.6 Å². The summed E-state index contributed by atoms with van der Waals surface area (Å²) in [5, 5.41) is 11.8. The zero-order chi connectivity index (χ0) is 21.8. The molecule has 1 N–H and O–H groups in total. The molecular weight excluding hydrogens is 413 g/mol. The number of thioether (sulfide) groups is 1. The topological polar surface area (TPSA) is 72.7 Å². The Morgan fingerprint density at radius 3 is 2.68 bits per heavy atom. The van der Waals surface area contributed by atoms with Gasteiger partial charge in [0.2, 0.25) is 5.91 Å². The van der Waals surface area contributed by atoms with Crippen molar-refractivity contribution in [2.45, 2.75) is 19.0 Å². The van der Waals surface area contributed by atoms with E-state index in [1.165, 1.54) is 23.9 Å². The van der Waals surface area contributed by atoms with Crippen LogP contribution in [0, 0.1) is 19.7 Å². The lowest BCUT2D eigenvalue weighted by atomic mass is 10.1. The van der Waals surface area contributed by atoms with Gasteiger partial charge in [-0.05, 0) is 49.7 Å². The number of nitrogens with one attached hydrogen (secondary N) is 1. The fourth-order valence-corrected chi connectivity index (χ4v) is 3.94. The van der Waals surface area contributed by atoms with E-state index in [4.69, 9.17) is 0 Å². The summed E-state index contributed by atoms with van der Waals surface area (Å²) < 4.78 is 15.7. The Balaban J connectivity index is 1.64. The Morgan fingerprint density at radius 1 is 1.10 bits per heavy atom. The number of amides is 1. The number of para-hydroxylation sites is 1. The normalized spacial score (nSPS) is 10.8. The van der Waals surface area contributed by atoms with Gasteiger partial charge in [-0.15, -0.1) is 10.2 Å². The maximum atomic E-state index is 13.8. The lowest BCUT2D eigenvalue weighted by Gasteiger charge is -2.13. The molecule has 0 saturated heterocycles. The van der Waals surface area contributed by atoms with Gasteiger partial charge in [0.25, 0.3) is 0 Å². The number of hydrogen-bond acceptors (Lipinski definition) is 5. The molecule has 31 heavy (non-hydrogen) atoms. The van der Waals surface area contributed by atoms with Crippen LogP contribution in [0.4, 0.5) is 10.1 Å². The molecule has 2 heterocycles. The molecule has 0 radical (unpaired) electrons. The third-order valence-electron chi connectivity index (χ3n) is 4.63. The third-order valence-corrected chi connectivity index (χ3v) is 5.56. The summed E-state index contributed by atoms with van der Waals surface area (Å²) in [6, 6.07) is 15.9. The van der Waals surface area contributed by atoms with Crippen LogP contribution in [0.25, 0.3) is 17.1 Å². The standard InChI is InChI=1S/C23H20FN5OS/c1-15-9-10-20(16(2)12-15)29-22(17-6-5-11-25-13-17)27-28-23(29)31-14-21(30)26-19-8-4-3-7-18(19)24/h3-13H,14H2,1-2H3,(H,26,30). The van der Waals surface area contributed by atoms with Gasteiger partial charge in [0.05, 0.1) is 17.1 Å². The van der Waals surface area contributed by atoms with Crippen molar-refractivity contribution in [2.75, 3.05) is 11.1 Å². The molecule has 4 rings (SSSR count). The lowest BCUT2D eigenvalue weighted by molar-refractivity contribution is -0.113. The van der Waals surface area contributed by atoms with Crippen molar-refractivity contribution in [1.82, 2.24) is 19.7 Å². The molecule has 0 spiro atoms. The first kappa shape index (κ1) is 20.7. The fraction of sp³-hybridized carbons (Fsp3) is 0.130. The van der Waals surface area contributed by atoms with Crippen LogP contribution in [-0.4, -0.2) is 31.4 Å². The Kier molecular flexibility index (Phi) is 6.08. The average molecular weight is 434 g/mol. The largest absolute Gasteiger partial charge is 0.323 e. The third kappa shape index (κ3) is 4.64. The predicted molar refractivity (Wildman–Crippen MR) is 120 cm³/mol. The summed E-state index contributed by atoms with van der Waals surface area (Å²) >= 11 is 1.24. The van der Waals surface area contributed by atoms with Crippen LogP contribution >= 0.6 is 11.8 Å². The number of carbonyl (C=O) groups excluding carboxylic acids is 1. The number of aryl methyl sites for hydroxylation is 2. The number of rotatable bonds is 6. The van der Waals surface area contributed by atoms with Gasteiger partial charge in [-0.3, -0.25) is 14.3 Å². The highest BCUT2D eigenvalue weighted by atomic mass is 32.2. The quantitative estimate of drug-likeness (QED) is 0.442. The number of hydrogen-bond donors (Lipinski definition) is 1. The van der Waals surface area contributed by atoms with Gasteiger partial charge in [-0.2, -0.15) is 0 Å². The van der Waals surface area contributed by atoms with Crippen molar-refractivity contribution in [3.05, 3.63) is 83.9 Å². The Hall–Kier alpha value is -3.52. The van der Waals surface area contributed by atoms with Gasteiger partial charge >= 0.3 is 0 Å². The molecule has 0 aliphatic carbocycles.